The van der Waals surface area contributed by atoms with Gasteiger partial charge in [-0.3, -0.25) is 0 Å². The molecular formula is C16H18FN3O. The van der Waals surface area contributed by atoms with E-state index in [1.54, 1.807) is 13.0 Å². The number of halogens is 1. The third kappa shape index (κ3) is 2.16. The lowest BCUT2D eigenvalue weighted by Crippen LogP contribution is -2.18. The maximum absolute atomic E-state index is 13.7. The van der Waals surface area contributed by atoms with Crippen molar-refractivity contribution in [3.63, 3.8) is 0 Å². The number of aryl methyl sites for hydroxylation is 1. The molecule has 5 heteroatoms. The third-order valence-electron chi connectivity index (χ3n) is 4.88. The number of hydrogen-bond acceptors (Lipinski definition) is 4. The minimum absolute atomic E-state index is 0.161. The molecule has 4 nitrogen and oxygen atoms in total. The maximum atomic E-state index is 13.7. The first-order chi connectivity index (χ1) is 10.2. The van der Waals surface area contributed by atoms with E-state index in [1.165, 1.54) is 25.3 Å². The zero-order valence-corrected chi connectivity index (χ0v) is 12.0. The number of aromatic nitrogens is 2. The fourth-order valence-electron chi connectivity index (χ4n) is 3.67. The minimum Gasteiger partial charge on any atom is -0.337 e. The highest BCUT2D eigenvalue weighted by molar-refractivity contribution is 5.55. The molecule has 0 bridgehead atoms. The molecule has 110 valence electrons. The van der Waals surface area contributed by atoms with Gasteiger partial charge in [-0.1, -0.05) is 23.7 Å². The van der Waals surface area contributed by atoms with Crippen LogP contribution >= 0.6 is 0 Å². The molecule has 1 aliphatic carbocycles. The van der Waals surface area contributed by atoms with Crippen LogP contribution in [-0.2, 0) is 0 Å². The number of fused-ring (bicyclic) bond motifs is 1. The van der Waals surface area contributed by atoms with Crippen molar-refractivity contribution in [3.05, 3.63) is 35.5 Å². The normalized spacial score (nSPS) is 28.0. The van der Waals surface area contributed by atoms with E-state index in [9.17, 15) is 4.39 Å². The first-order valence-corrected chi connectivity index (χ1v) is 7.56. The van der Waals surface area contributed by atoms with Crippen LogP contribution in [0.25, 0.3) is 11.4 Å². The van der Waals surface area contributed by atoms with Crippen molar-refractivity contribution in [2.75, 3.05) is 6.54 Å². The smallest absolute Gasteiger partial charge is 0.244 e. The van der Waals surface area contributed by atoms with Crippen molar-refractivity contribution < 1.29 is 8.91 Å². The molecule has 1 aliphatic heterocycles. The summed E-state index contributed by atoms with van der Waals surface area (Å²) >= 11 is 0. The van der Waals surface area contributed by atoms with Gasteiger partial charge in [-0.25, -0.2) is 4.39 Å². The summed E-state index contributed by atoms with van der Waals surface area (Å²) in [5.74, 6) is 2.21. The monoisotopic (exact) mass is 287 g/mol. The van der Waals surface area contributed by atoms with E-state index >= 15 is 0 Å². The highest BCUT2D eigenvalue weighted by atomic mass is 19.1. The van der Waals surface area contributed by atoms with E-state index in [4.69, 9.17) is 4.52 Å². The fourth-order valence-corrected chi connectivity index (χ4v) is 3.67. The average Bonchev–Trinajstić information content (AvgIpc) is 3.16. The Balaban J connectivity index is 1.62. The van der Waals surface area contributed by atoms with E-state index < -0.39 is 0 Å². The van der Waals surface area contributed by atoms with Gasteiger partial charge in [-0.15, -0.1) is 0 Å². The van der Waals surface area contributed by atoms with E-state index in [0.717, 1.165) is 12.5 Å². The van der Waals surface area contributed by atoms with Crippen molar-refractivity contribution in [3.8, 4) is 11.4 Å². The number of hydrogen-bond donors (Lipinski definition) is 1. The average molecular weight is 287 g/mol. The van der Waals surface area contributed by atoms with Gasteiger partial charge < -0.3 is 9.84 Å². The third-order valence-corrected chi connectivity index (χ3v) is 4.88. The van der Waals surface area contributed by atoms with Crippen molar-refractivity contribution >= 4 is 0 Å². The van der Waals surface area contributed by atoms with Gasteiger partial charge in [0.1, 0.15) is 5.82 Å². The molecule has 2 aromatic rings. The summed E-state index contributed by atoms with van der Waals surface area (Å²) in [5.41, 5.74) is 1.28. The molecular weight excluding hydrogens is 269 g/mol. The molecule has 0 amide bonds. The molecule has 4 rings (SSSR count). The molecule has 0 spiro atoms. The summed E-state index contributed by atoms with van der Waals surface area (Å²) < 4.78 is 19.1. The Bertz CT molecular complexity index is 669. The van der Waals surface area contributed by atoms with Gasteiger partial charge in [0.25, 0.3) is 0 Å². The highest BCUT2D eigenvalue weighted by Crippen LogP contribution is 2.44. The lowest BCUT2D eigenvalue weighted by Gasteiger charge is -2.13. The fraction of sp³-hybridized carbons (Fsp3) is 0.500. The lowest BCUT2D eigenvalue weighted by atomic mass is 9.94. The van der Waals surface area contributed by atoms with Gasteiger partial charge in [-0.2, -0.15) is 4.98 Å². The summed E-state index contributed by atoms with van der Waals surface area (Å²) in [6.07, 6.45) is 3.80. The summed E-state index contributed by atoms with van der Waals surface area (Å²) in [5, 5.41) is 7.51. The summed E-state index contributed by atoms with van der Waals surface area (Å²) in [6, 6.07) is 5.19. The van der Waals surface area contributed by atoms with Crippen LogP contribution in [0.4, 0.5) is 4.39 Å². The predicted octanol–water partition coefficient (Wildman–Crippen LogP) is 3.24. The van der Waals surface area contributed by atoms with Gasteiger partial charge in [0, 0.05) is 5.56 Å². The van der Waals surface area contributed by atoms with Crippen molar-refractivity contribution in [1.29, 1.82) is 0 Å². The molecule has 0 radical (unpaired) electrons. The molecule has 1 aromatic heterocycles. The van der Waals surface area contributed by atoms with Crippen molar-refractivity contribution in [1.82, 2.24) is 15.5 Å². The second kappa shape index (κ2) is 4.91. The van der Waals surface area contributed by atoms with Crippen LogP contribution in [0.1, 0.15) is 36.8 Å². The van der Waals surface area contributed by atoms with Crippen LogP contribution < -0.4 is 5.32 Å². The molecule has 21 heavy (non-hydrogen) atoms. The zero-order chi connectivity index (χ0) is 14.4. The van der Waals surface area contributed by atoms with Crippen molar-refractivity contribution in [2.45, 2.75) is 32.2 Å². The molecule has 3 atom stereocenters. The Labute approximate surface area is 122 Å². The molecule has 1 saturated carbocycles. The quantitative estimate of drug-likeness (QED) is 0.921. The maximum Gasteiger partial charge on any atom is 0.244 e. The van der Waals surface area contributed by atoms with E-state index in [-0.39, 0.29) is 11.9 Å². The number of nitrogens with zero attached hydrogens (tertiary/aromatic N) is 2. The second-order valence-electron chi connectivity index (χ2n) is 6.16. The largest absolute Gasteiger partial charge is 0.337 e. The van der Waals surface area contributed by atoms with Crippen LogP contribution in [0, 0.1) is 24.6 Å². The van der Waals surface area contributed by atoms with Gasteiger partial charge >= 0.3 is 0 Å². The van der Waals surface area contributed by atoms with Crippen LogP contribution in [-0.4, -0.2) is 16.7 Å². The van der Waals surface area contributed by atoms with E-state index in [0.29, 0.717) is 28.8 Å². The Kier molecular flexibility index (Phi) is 3.03. The number of rotatable bonds is 2. The van der Waals surface area contributed by atoms with E-state index in [1.807, 2.05) is 6.07 Å². The van der Waals surface area contributed by atoms with Gasteiger partial charge in [0.05, 0.1) is 6.04 Å². The van der Waals surface area contributed by atoms with Gasteiger partial charge in [-0.05, 0) is 49.8 Å². The SMILES string of the molecule is Cc1ccc(-c2noc(C3NCC4CCCC43)n2)cc1F. The lowest BCUT2D eigenvalue weighted by molar-refractivity contribution is 0.302. The summed E-state index contributed by atoms with van der Waals surface area (Å²) in [7, 11) is 0. The Morgan fingerprint density at radius 2 is 2.24 bits per heavy atom. The minimum atomic E-state index is -0.242. The summed E-state index contributed by atoms with van der Waals surface area (Å²) in [4.78, 5) is 4.49. The van der Waals surface area contributed by atoms with Crippen LogP contribution in [0.5, 0.6) is 0 Å². The molecule has 1 saturated heterocycles. The predicted molar refractivity (Wildman–Crippen MR) is 76.0 cm³/mol. The first kappa shape index (κ1) is 13.0. The van der Waals surface area contributed by atoms with Crippen LogP contribution in [0.15, 0.2) is 22.7 Å². The van der Waals surface area contributed by atoms with Gasteiger partial charge in [0.2, 0.25) is 11.7 Å². The zero-order valence-electron chi connectivity index (χ0n) is 12.0. The molecule has 1 aromatic carbocycles. The molecule has 2 fully saturated rings. The Hall–Kier alpha value is -1.75. The molecule has 1 N–H and O–H groups in total. The standard InChI is InChI=1S/C16H18FN3O/c1-9-5-6-10(7-13(9)17)15-19-16(21-20-15)14-12-4-2-3-11(12)8-18-14/h5-7,11-12,14,18H,2-4,8H2,1H3. The van der Waals surface area contributed by atoms with Crippen LogP contribution in [0.3, 0.4) is 0 Å². The topological polar surface area (TPSA) is 51.0 Å². The number of benzene rings is 1. The highest BCUT2D eigenvalue weighted by Gasteiger charge is 2.42. The van der Waals surface area contributed by atoms with E-state index in [2.05, 4.69) is 15.5 Å². The Morgan fingerprint density at radius 3 is 3.10 bits per heavy atom. The van der Waals surface area contributed by atoms with Gasteiger partial charge in [0.15, 0.2) is 0 Å². The molecule has 3 unspecified atom stereocenters. The summed E-state index contributed by atoms with van der Waals surface area (Å²) in [6.45, 7) is 2.77. The number of nitrogens with one attached hydrogen (secondary N) is 1. The van der Waals surface area contributed by atoms with Crippen molar-refractivity contribution in [2.24, 2.45) is 11.8 Å². The molecule has 2 aliphatic rings. The Morgan fingerprint density at radius 1 is 1.33 bits per heavy atom. The van der Waals surface area contributed by atoms with Crippen LogP contribution in [0.2, 0.25) is 0 Å². The molecule has 2 heterocycles. The second-order valence-corrected chi connectivity index (χ2v) is 6.16. The first-order valence-electron chi connectivity index (χ1n) is 7.56.